The van der Waals surface area contributed by atoms with Crippen molar-refractivity contribution in [2.24, 2.45) is 0 Å². The Morgan fingerprint density at radius 1 is 1.47 bits per heavy atom. The van der Waals surface area contributed by atoms with Crippen molar-refractivity contribution in [3.8, 4) is 0 Å². The molecule has 0 aromatic carbocycles. The monoisotopic (exact) mass is 223 g/mol. The second-order valence-corrected chi connectivity index (χ2v) is 4.75. The zero-order chi connectivity index (χ0) is 10.7. The molecule has 1 aromatic heterocycles. The molecule has 3 nitrogen and oxygen atoms in total. The van der Waals surface area contributed by atoms with Gasteiger partial charge in [0.2, 0.25) is 0 Å². The van der Waals surface area contributed by atoms with E-state index in [9.17, 15) is 0 Å². The van der Waals surface area contributed by atoms with Crippen molar-refractivity contribution in [1.29, 1.82) is 0 Å². The third-order valence-electron chi connectivity index (χ3n) is 2.93. The van der Waals surface area contributed by atoms with E-state index >= 15 is 0 Å². The van der Waals surface area contributed by atoms with Gasteiger partial charge in [-0.1, -0.05) is 16.1 Å². The molecule has 0 amide bonds. The summed E-state index contributed by atoms with van der Waals surface area (Å²) in [6, 6.07) is 0.338. The van der Waals surface area contributed by atoms with Gasteiger partial charge in [0.25, 0.3) is 0 Å². The molecule has 0 radical (unpaired) electrons. The molecule has 0 fully saturated rings. The highest BCUT2D eigenvalue weighted by Crippen LogP contribution is 2.32. The van der Waals surface area contributed by atoms with Crippen molar-refractivity contribution in [3.05, 3.63) is 22.2 Å². The zero-order valence-electron chi connectivity index (χ0n) is 9.29. The average Bonchev–Trinajstić information content (AvgIpc) is 2.68. The van der Waals surface area contributed by atoms with Crippen LogP contribution in [-0.2, 0) is 0 Å². The van der Waals surface area contributed by atoms with Crippen LogP contribution in [-0.4, -0.2) is 16.6 Å². The Morgan fingerprint density at radius 3 is 2.87 bits per heavy atom. The Kier molecular flexibility index (Phi) is 3.49. The molecule has 0 bridgehead atoms. The van der Waals surface area contributed by atoms with Crippen LogP contribution >= 0.6 is 11.5 Å². The van der Waals surface area contributed by atoms with Crippen LogP contribution in [0.15, 0.2) is 11.6 Å². The molecule has 1 aliphatic rings. The molecule has 1 N–H and O–H groups in total. The number of allylic oxidation sites excluding steroid dienone is 1. The maximum atomic E-state index is 4.08. The van der Waals surface area contributed by atoms with Gasteiger partial charge >= 0.3 is 0 Å². The summed E-state index contributed by atoms with van der Waals surface area (Å²) >= 11 is 1.51. The molecular formula is C11H17N3S. The van der Waals surface area contributed by atoms with Gasteiger partial charge in [-0.3, -0.25) is 0 Å². The maximum absolute atomic E-state index is 4.08. The van der Waals surface area contributed by atoms with Crippen LogP contribution < -0.4 is 5.32 Å². The Hall–Kier alpha value is -0.740. The van der Waals surface area contributed by atoms with E-state index in [4.69, 9.17) is 0 Å². The maximum Gasteiger partial charge on any atom is 0.0776 e. The lowest BCUT2D eigenvalue weighted by Gasteiger charge is -2.21. The third-order valence-corrected chi connectivity index (χ3v) is 3.83. The van der Waals surface area contributed by atoms with Gasteiger partial charge in [-0.2, -0.15) is 0 Å². The number of aromatic nitrogens is 2. The number of aryl methyl sites for hydroxylation is 1. The molecule has 15 heavy (non-hydrogen) atoms. The summed E-state index contributed by atoms with van der Waals surface area (Å²) in [6.07, 6.45) is 7.46. The van der Waals surface area contributed by atoms with E-state index in [1.165, 1.54) is 47.7 Å². The van der Waals surface area contributed by atoms with E-state index in [-0.39, 0.29) is 0 Å². The summed E-state index contributed by atoms with van der Waals surface area (Å²) in [7, 11) is 2.01. The highest BCUT2D eigenvalue weighted by molar-refractivity contribution is 7.05. The molecule has 82 valence electrons. The first-order valence-corrected chi connectivity index (χ1v) is 6.25. The Morgan fingerprint density at radius 2 is 2.33 bits per heavy atom. The molecule has 1 aromatic rings. The third kappa shape index (κ3) is 2.26. The topological polar surface area (TPSA) is 37.8 Å². The summed E-state index contributed by atoms with van der Waals surface area (Å²) in [5.41, 5.74) is 2.57. The number of hydrogen-bond donors (Lipinski definition) is 1. The first-order valence-electron chi connectivity index (χ1n) is 5.48. The van der Waals surface area contributed by atoms with Crippen LogP contribution in [0.4, 0.5) is 0 Å². The number of nitrogens with one attached hydrogen (secondary N) is 1. The van der Waals surface area contributed by atoms with Crippen molar-refractivity contribution in [2.75, 3.05) is 7.05 Å². The predicted molar refractivity (Wildman–Crippen MR) is 63.0 cm³/mol. The van der Waals surface area contributed by atoms with Crippen molar-refractivity contribution in [1.82, 2.24) is 14.9 Å². The van der Waals surface area contributed by atoms with E-state index in [0.717, 1.165) is 5.69 Å². The van der Waals surface area contributed by atoms with Gasteiger partial charge in [0, 0.05) is 0 Å². The SMILES string of the molecule is CNC(C1=CCCCC1)c1snnc1C. The van der Waals surface area contributed by atoms with Crippen molar-refractivity contribution < 1.29 is 0 Å². The van der Waals surface area contributed by atoms with Crippen molar-refractivity contribution in [2.45, 2.75) is 38.6 Å². The van der Waals surface area contributed by atoms with Crippen LogP contribution in [0.1, 0.15) is 42.3 Å². The quantitative estimate of drug-likeness (QED) is 0.800. The summed E-state index contributed by atoms with van der Waals surface area (Å²) in [5, 5.41) is 7.46. The molecule has 1 aliphatic carbocycles. The van der Waals surface area contributed by atoms with Gasteiger partial charge in [0.05, 0.1) is 16.6 Å². The molecule has 1 atom stereocenters. The van der Waals surface area contributed by atoms with E-state index in [1.807, 2.05) is 14.0 Å². The van der Waals surface area contributed by atoms with Gasteiger partial charge in [-0.15, -0.1) is 5.10 Å². The highest BCUT2D eigenvalue weighted by atomic mass is 32.1. The predicted octanol–water partition coefficient (Wildman–Crippen LogP) is 2.61. The molecule has 2 rings (SSSR count). The standard InChI is InChI=1S/C11H17N3S/c1-8-11(15-14-13-8)10(12-2)9-6-4-3-5-7-9/h6,10,12H,3-5,7H2,1-2H3. The molecule has 1 unspecified atom stereocenters. The minimum absolute atomic E-state index is 0.338. The van der Waals surface area contributed by atoms with E-state index in [2.05, 4.69) is 21.0 Å². The van der Waals surface area contributed by atoms with Crippen molar-refractivity contribution in [3.63, 3.8) is 0 Å². The number of hydrogen-bond acceptors (Lipinski definition) is 4. The Bertz CT molecular complexity index is 356. The van der Waals surface area contributed by atoms with Gasteiger partial charge in [-0.05, 0) is 51.2 Å². The second kappa shape index (κ2) is 4.86. The number of rotatable bonds is 3. The zero-order valence-corrected chi connectivity index (χ0v) is 10.1. The largest absolute Gasteiger partial charge is 0.309 e. The average molecular weight is 223 g/mol. The Balaban J connectivity index is 2.24. The minimum Gasteiger partial charge on any atom is -0.309 e. The van der Waals surface area contributed by atoms with Gasteiger partial charge in [-0.25, -0.2) is 0 Å². The molecule has 1 heterocycles. The molecule has 0 saturated carbocycles. The molecule has 0 spiro atoms. The fourth-order valence-corrected chi connectivity index (χ4v) is 2.91. The second-order valence-electron chi connectivity index (χ2n) is 3.97. The lowest BCUT2D eigenvalue weighted by atomic mass is 9.93. The normalized spacial score (nSPS) is 18.7. The Labute approximate surface area is 94.8 Å². The van der Waals surface area contributed by atoms with Gasteiger partial charge < -0.3 is 5.32 Å². The molecule has 0 saturated heterocycles. The van der Waals surface area contributed by atoms with Crippen molar-refractivity contribution >= 4 is 11.5 Å². The van der Waals surface area contributed by atoms with Gasteiger partial charge in [0.15, 0.2) is 0 Å². The molecule has 4 heteroatoms. The summed E-state index contributed by atoms with van der Waals surface area (Å²) in [6.45, 7) is 2.03. The lowest BCUT2D eigenvalue weighted by molar-refractivity contribution is 0.596. The minimum atomic E-state index is 0.338. The fraction of sp³-hybridized carbons (Fsp3) is 0.636. The summed E-state index contributed by atoms with van der Waals surface area (Å²) in [4.78, 5) is 1.27. The van der Waals surface area contributed by atoms with Gasteiger partial charge in [0.1, 0.15) is 0 Å². The molecular weight excluding hydrogens is 206 g/mol. The van der Waals surface area contributed by atoms with Crippen LogP contribution in [0.3, 0.4) is 0 Å². The fourth-order valence-electron chi connectivity index (χ4n) is 2.11. The first kappa shape index (κ1) is 10.8. The van der Waals surface area contributed by atoms with E-state index in [1.54, 1.807) is 0 Å². The lowest BCUT2D eigenvalue weighted by Crippen LogP contribution is -2.19. The first-order chi connectivity index (χ1) is 7.33. The summed E-state index contributed by atoms with van der Waals surface area (Å²) in [5.74, 6) is 0. The van der Waals surface area contributed by atoms with E-state index in [0.29, 0.717) is 6.04 Å². The summed E-state index contributed by atoms with van der Waals surface area (Å²) < 4.78 is 4.01. The van der Waals surface area contributed by atoms with Crippen LogP contribution in [0, 0.1) is 6.92 Å². The van der Waals surface area contributed by atoms with E-state index < -0.39 is 0 Å². The number of likely N-dealkylation sites (N-methyl/N-ethyl adjacent to an activating group) is 1. The molecule has 0 aliphatic heterocycles. The van der Waals surface area contributed by atoms with Crippen LogP contribution in [0.25, 0.3) is 0 Å². The van der Waals surface area contributed by atoms with Crippen LogP contribution in [0.5, 0.6) is 0 Å². The van der Waals surface area contributed by atoms with Crippen LogP contribution in [0.2, 0.25) is 0 Å². The highest BCUT2D eigenvalue weighted by Gasteiger charge is 2.20. The smallest absolute Gasteiger partial charge is 0.0776 e. The number of nitrogens with zero attached hydrogens (tertiary/aromatic N) is 2.